The van der Waals surface area contributed by atoms with Gasteiger partial charge < -0.3 is 14.1 Å². The maximum atomic E-state index is 13.1. The lowest BCUT2D eigenvalue weighted by Gasteiger charge is -2.33. The molecule has 0 bridgehead atoms. The number of methoxy groups -OCH3 is 1. The maximum Gasteiger partial charge on any atom is 0.252 e. The van der Waals surface area contributed by atoms with Crippen molar-refractivity contribution in [3.8, 4) is 0 Å². The van der Waals surface area contributed by atoms with Crippen molar-refractivity contribution < 1.29 is 9.15 Å². The van der Waals surface area contributed by atoms with Crippen LogP contribution in [0.5, 0.6) is 0 Å². The first kappa shape index (κ1) is 23.8. The summed E-state index contributed by atoms with van der Waals surface area (Å²) >= 11 is 0. The Balaban J connectivity index is 1.75. The third kappa shape index (κ3) is 5.10. The van der Waals surface area contributed by atoms with Crippen molar-refractivity contribution in [3.05, 3.63) is 75.2 Å². The van der Waals surface area contributed by atoms with E-state index in [1.807, 2.05) is 31.2 Å². The van der Waals surface area contributed by atoms with E-state index in [2.05, 4.69) is 52.2 Å². The van der Waals surface area contributed by atoms with Gasteiger partial charge in [-0.25, -0.2) is 4.68 Å². The molecule has 4 rings (SSSR count). The van der Waals surface area contributed by atoms with Crippen molar-refractivity contribution in [2.45, 2.75) is 53.4 Å². The molecule has 0 aliphatic rings. The van der Waals surface area contributed by atoms with Crippen LogP contribution in [0.4, 0.5) is 0 Å². The molecule has 1 N–H and O–H groups in total. The van der Waals surface area contributed by atoms with Gasteiger partial charge in [0.25, 0.3) is 5.56 Å². The first-order valence-electron chi connectivity index (χ1n) is 11.5. The Morgan fingerprint density at radius 1 is 1.18 bits per heavy atom. The predicted octanol–water partition coefficient (Wildman–Crippen LogP) is 3.77. The van der Waals surface area contributed by atoms with Crippen LogP contribution in [0, 0.1) is 19.8 Å². The zero-order valence-corrected chi connectivity index (χ0v) is 20.4. The van der Waals surface area contributed by atoms with Crippen molar-refractivity contribution in [2.75, 3.05) is 13.7 Å². The zero-order chi connectivity index (χ0) is 24.2. The molecule has 34 heavy (non-hydrogen) atoms. The van der Waals surface area contributed by atoms with Crippen LogP contribution in [0.2, 0.25) is 0 Å². The molecule has 1 unspecified atom stereocenters. The number of pyridine rings is 1. The average Bonchev–Trinajstić information content (AvgIpc) is 3.46. The number of ether oxygens (including phenoxy) is 1. The van der Waals surface area contributed by atoms with E-state index in [-0.39, 0.29) is 17.5 Å². The molecule has 0 saturated carbocycles. The van der Waals surface area contributed by atoms with Gasteiger partial charge in [0.1, 0.15) is 5.76 Å². The topological polar surface area (TPSA) is 102 Å². The van der Waals surface area contributed by atoms with E-state index in [0.717, 1.165) is 28.1 Å². The number of nitrogens with one attached hydrogen (secondary N) is 1. The van der Waals surface area contributed by atoms with E-state index in [1.54, 1.807) is 18.1 Å². The molecule has 0 amide bonds. The molecular formula is C25H32N6O3. The highest BCUT2D eigenvalue weighted by Crippen LogP contribution is 2.30. The number of tetrazole rings is 1. The van der Waals surface area contributed by atoms with Crippen LogP contribution in [0.25, 0.3) is 10.9 Å². The zero-order valence-electron chi connectivity index (χ0n) is 20.4. The normalized spacial score (nSPS) is 12.8. The highest BCUT2D eigenvalue weighted by molar-refractivity contribution is 5.80. The SMILES string of the molecule is COCCn1nnnc1C(C(C)C)N(Cc1ccco1)Cc1cc2cc(C)c(C)cc2[nH]c1=O. The van der Waals surface area contributed by atoms with Crippen molar-refractivity contribution in [2.24, 2.45) is 5.92 Å². The molecule has 0 fully saturated rings. The second-order valence-electron chi connectivity index (χ2n) is 9.07. The molecule has 1 aromatic carbocycles. The second-order valence-corrected chi connectivity index (χ2v) is 9.07. The highest BCUT2D eigenvalue weighted by Gasteiger charge is 2.30. The van der Waals surface area contributed by atoms with Crippen LogP contribution in [-0.2, 0) is 24.4 Å². The monoisotopic (exact) mass is 464 g/mol. The number of H-pyrrole nitrogens is 1. The van der Waals surface area contributed by atoms with E-state index in [9.17, 15) is 4.79 Å². The van der Waals surface area contributed by atoms with Gasteiger partial charge in [-0.15, -0.1) is 5.10 Å². The summed E-state index contributed by atoms with van der Waals surface area (Å²) in [5.41, 5.74) is 3.78. The minimum atomic E-state index is -0.146. The lowest BCUT2D eigenvalue weighted by atomic mass is 9.99. The molecule has 1 atom stereocenters. The van der Waals surface area contributed by atoms with E-state index in [4.69, 9.17) is 9.15 Å². The summed E-state index contributed by atoms with van der Waals surface area (Å²) in [7, 11) is 1.66. The van der Waals surface area contributed by atoms with Crippen LogP contribution < -0.4 is 5.56 Å². The molecule has 9 nitrogen and oxygen atoms in total. The second kappa shape index (κ2) is 10.3. The summed E-state index contributed by atoms with van der Waals surface area (Å²) < 4.78 is 12.7. The first-order chi connectivity index (χ1) is 16.4. The van der Waals surface area contributed by atoms with Crippen LogP contribution in [0.15, 0.2) is 45.8 Å². The first-order valence-corrected chi connectivity index (χ1v) is 11.5. The number of benzene rings is 1. The number of aromatic amines is 1. The van der Waals surface area contributed by atoms with E-state index < -0.39 is 0 Å². The third-order valence-corrected chi connectivity index (χ3v) is 6.20. The van der Waals surface area contributed by atoms with Gasteiger partial charge in [-0.2, -0.15) is 0 Å². The molecule has 0 saturated heterocycles. The summed E-state index contributed by atoms with van der Waals surface area (Å²) in [4.78, 5) is 18.4. The standard InChI is InChI=1S/C25H32N6O3/c1-16(2)23(24-27-28-29-31(24)8-10-33-5)30(15-21-7-6-9-34-21)14-20-13-19-11-17(3)18(4)12-22(19)26-25(20)32/h6-7,9,11-13,16,23H,8,10,14-15H2,1-5H3,(H,26,32). The lowest BCUT2D eigenvalue weighted by molar-refractivity contribution is 0.112. The Bertz CT molecular complexity index is 1290. The van der Waals surface area contributed by atoms with Crippen molar-refractivity contribution in [1.82, 2.24) is 30.1 Å². The van der Waals surface area contributed by atoms with Gasteiger partial charge in [-0.1, -0.05) is 13.8 Å². The predicted molar refractivity (Wildman–Crippen MR) is 129 cm³/mol. The van der Waals surface area contributed by atoms with Crippen molar-refractivity contribution in [3.63, 3.8) is 0 Å². The number of furan rings is 1. The molecule has 0 aliphatic carbocycles. The van der Waals surface area contributed by atoms with E-state index in [1.165, 1.54) is 5.56 Å². The Hall–Kier alpha value is -3.30. The molecular weight excluding hydrogens is 432 g/mol. The largest absolute Gasteiger partial charge is 0.468 e. The Morgan fingerprint density at radius 3 is 2.68 bits per heavy atom. The number of aromatic nitrogens is 5. The van der Waals surface area contributed by atoms with Gasteiger partial charge in [0, 0.05) is 24.7 Å². The van der Waals surface area contributed by atoms with Gasteiger partial charge in [-0.05, 0) is 77.0 Å². The summed E-state index contributed by atoms with van der Waals surface area (Å²) in [6, 6.07) is 9.79. The Labute approximate surface area is 198 Å². The summed E-state index contributed by atoms with van der Waals surface area (Å²) in [5.74, 6) is 1.72. The number of hydrogen-bond donors (Lipinski definition) is 1. The van der Waals surface area contributed by atoms with E-state index in [0.29, 0.717) is 31.8 Å². The molecule has 9 heteroatoms. The number of fused-ring (bicyclic) bond motifs is 1. The fourth-order valence-corrected chi connectivity index (χ4v) is 4.36. The minimum Gasteiger partial charge on any atom is -0.468 e. The average molecular weight is 465 g/mol. The quantitative estimate of drug-likeness (QED) is 0.381. The fourth-order valence-electron chi connectivity index (χ4n) is 4.36. The van der Waals surface area contributed by atoms with Gasteiger partial charge in [0.2, 0.25) is 0 Å². The van der Waals surface area contributed by atoms with Gasteiger partial charge in [0.15, 0.2) is 5.82 Å². The van der Waals surface area contributed by atoms with E-state index >= 15 is 0 Å². The number of rotatable bonds is 10. The summed E-state index contributed by atoms with van der Waals surface area (Å²) in [5, 5.41) is 13.5. The molecule has 3 heterocycles. The lowest BCUT2D eigenvalue weighted by Crippen LogP contribution is -2.35. The number of aryl methyl sites for hydroxylation is 2. The van der Waals surface area contributed by atoms with Gasteiger partial charge >= 0.3 is 0 Å². The van der Waals surface area contributed by atoms with Gasteiger partial charge in [0.05, 0.1) is 32.0 Å². The Kier molecular flexibility index (Phi) is 7.23. The fraction of sp³-hybridized carbons (Fsp3) is 0.440. The Morgan fingerprint density at radius 2 is 1.97 bits per heavy atom. The number of hydrogen-bond acceptors (Lipinski definition) is 7. The summed E-state index contributed by atoms with van der Waals surface area (Å²) in [6.45, 7) is 10.4. The van der Waals surface area contributed by atoms with Crippen molar-refractivity contribution in [1.29, 1.82) is 0 Å². The molecule has 0 aliphatic heterocycles. The molecule has 0 radical (unpaired) electrons. The third-order valence-electron chi connectivity index (χ3n) is 6.20. The summed E-state index contributed by atoms with van der Waals surface area (Å²) in [6.07, 6.45) is 1.66. The molecule has 4 aromatic rings. The number of nitrogens with zero attached hydrogens (tertiary/aromatic N) is 5. The van der Waals surface area contributed by atoms with Crippen LogP contribution >= 0.6 is 0 Å². The molecule has 180 valence electrons. The van der Waals surface area contributed by atoms with Crippen LogP contribution in [-0.4, -0.2) is 43.8 Å². The smallest absolute Gasteiger partial charge is 0.252 e. The molecule has 0 spiro atoms. The highest BCUT2D eigenvalue weighted by atomic mass is 16.5. The van der Waals surface area contributed by atoms with Crippen molar-refractivity contribution >= 4 is 10.9 Å². The maximum absolute atomic E-state index is 13.1. The van der Waals surface area contributed by atoms with Crippen LogP contribution in [0.1, 0.15) is 48.2 Å². The van der Waals surface area contributed by atoms with Crippen LogP contribution in [0.3, 0.4) is 0 Å². The minimum absolute atomic E-state index is 0.0957. The van der Waals surface area contributed by atoms with Gasteiger partial charge in [-0.3, -0.25) is 9.69 Å². The molecule has 3 aromatic heterocycles.